The van der Waals surface area contributed by atoms with E-state index in [0.717, 1.165) is 18.4 Å². The fourth-order valence-electron chi connectivity index (χ4n) is 2.32. The van der Waals surface area contributed by atoms with Crippen molar-refractivity contribution >= 4 is 5.91 Å². The number of pyridine rings is 1. The number of ether oxygens (including phenoxy) is 1. The summed E-state index contributed by atoms with van der Waals surface area (Å²) in [6.07, 6.45) is 2.77. The molecule has 0 bridgehead atoms. The first kappa shape index (κ1) is 14.6. The standard InChI is InChI=1S/C14H16FN5O2/c1-2-12-17-13(19-18-12)11-8-20(5-6-22-11)14(21)9-3-4-16-7-10(9)15/h3-4,7,11H,2,5-6,8H2,1H3,(H,17,18,19)/t11-/m1/s1. The van der Waals surface area contributed by atoms with Crippen molar-refractivity contribution in [3.63, 3.8) is 0 Å². The second-order valence-electron chi connectivity index (χ2n) is 4.96. The number of rotatable bonds is 3. The second-order valence-corrected chi connectivity index (χ2v) is 4.96. The second kappa shape index (κ2) is 6.18. The minimum atomic E-state index is -0.623. The molecule has 0 saturated carbocycles. The van der Waals surface area contributed by atoms with Gasteiger partial charge in [-0.05, 0) is 6.07 Å². The lowest BCUT2D eigenvalue weighted by Crippen LogP contribution is -2.42. The van der Waals surface area contributed by atoms with Crippen LogP contribution in [0.2, 0.25) is 0 Å². The number of hydrogen-bond donors (Lipinski definition) is 1. The van der Waals surface area contributed by atoms with Crippen LogP contribution in [0.1, 0.15) is 35.0 Å². The summed E-state index contributed by atoms with van der Waals surface area (Å²) in [6, 6.07) is 1.38. The highest BCUT2D eigenvalue weighted by Gasteiger charge is 2.29. The molecule has 7 nitrogen and oxygen atoms in total. The molecule has 1 saturated heterocycles. The van der Waals surface area contributed by atoms with Gasteiger partial charge in [0.2, 0.25) is 0 Å². The molecule has 116 valence electrons. The zero-order chi connectivity index (χ0) is 15.5. The van der Waals surface area contributed by atoms with E-state index in [4.69, 9.17) is 4.74 Å². The lowest BCUT2D eigenvalue weighted by atomic mass is 10.2. The summed E-state index contributed by atoms with van der Waals surface area (Å²) in [5, 5.41) is 6.94. The van der Waals surface area contributed by atoms with Gasteiger partial charge in [-0.15, -0.1) is 0 Å². The molecule has 1 amide bonds. The van der Waals surface area contributed by atoms with Gasteiger partial charge in [-0.25, -0.2) is 9.37 Å². The Bertz CT molecular complexity index is 675. The smallest absolute Gasteiger partial charge is 0.257 e. The molecule has 1 atom stereocenters. The Morgan fingerprint density at radius 1 is 1.59 bits per heavy atom. The molecule has 1 aliphatic rings. The highest BCUT2D eigenvalue weighted by molar-refractivity contribution is 5.94. The van der Waals surface area contributed by atoms with Gasteiger partial charge >= 0.3 is 0 Å². The number of carbonyl (C=O) groups is 1. The number of hydrogen-bond acceptors (Lipinski definition) is 5. The minimum absolute atomic E-state index is 0.0138. The molecule has 3 heterocycles. The summed E-state index contributed by atoms with van der Waals surface area (Å²) < 4.78 is 19.3. The number of amides is 1. The topological polar surface area (TPSA) is 84.0 Å². The van der Waals surface area contributed by atoms with Crippen molar-refractivity contribution in [3.8, 4) is 0 Å². The minimum Gasteiger partial charge on any atom is -0.366 e. The quantitative estimate of drug-likeness (QED) is 0.918. The van der Waals surface area contributed by atoms with Crippen LogP contribution < -0.4 is 0 Å². The zero-order valence-corrected chi connectivity index (χ0v) is 12.1. The maximum atomic E-state index is 13.7. The summed E-state index contributed by atoms with van der Waals surface area (Å²) >= 11 is 0. The summed E-state index contributed by atoms with van der Waals surface area (Å²) in [6.45, 7) is 3.02. The van der Waals surface area contributed by atoms with E-state index in [9.17, 15) is 9.18 Å². The average molecular weight is 305 g/mol. The van der Waals surface area contributed by atoms with Crippen LogP contribution in [0.5, 0.6) is 0 Å². The number of nitrogens with zero attached hydrogens (tertiary/aromatic N) is 4. The van der Waals surface area contributed by atoms with E-state index in [2.05, 4.69) is 20.2 Å². The molecular formula is C14H16FN5O2. The fourth-order valence-corrected chi connectivity index (χ4v) is 2.32. The van der Waals surface area contributed by atoms with Crippen LogP contribution in [0.15, 0.2) is 18.5 Å². The van der Waals surface area contributed by atoms with Crippen molar-refractivity contribution in [2.75, 3.05) is 19.7 Å². The number of morpholine rings is 1. The molecule has 0 radical (unpaired) electrons. The first-order valence-corrected chi connectivity index (χ1v) is 7.10. The van der Waals surface area contributed by atoms with Crippen LogP contribution in [0.4, 0.5) is 4.39 Å². The van der Waals surface area contributed by atoms with Crippen molar-refractivity contribution < 1.29 is 13.9 Å². The predicted octanol–water partition coefficient (Wildman–Crippen LogP) is 1.11. The highest BCUT2D eigenvalue weighted by atomic mass is 19.1. The van der Waals surface area contributed by atoms with Gasteiger partial charge in [0.15, 0.2) is 11.6 Å². The largest absolute Gasteiger partial charge is 0.366 e. The van der Waals surface area contributed by atoms with Gasteiger partial charge in [0.05, 0.1) is 24.9 Å². The van der Waals surface area contributed by atoms with Gasteiger partial charge in [0.1, 0.15) is 11.9 Å². The van der Waals surface area contributed by atoms with E-state index in [1.807, 2.05) is 6.92 Å². The summed E-state index contributed by atoms with van der Waals surface area (Å²) in [7, 11) is 0. The van der Waals surface area contributed by atoms with Crippen molar-refractivity contribution in [3.05, 3.63) is 41.5 Å². The zero-order valence-electron chi connectivity index (χ0n) is 12.1. The van der Waals surface area contributed by atoms with E-state index in [0.29, 0.717) is 25.5 Å². The highest BCUT2D eigenvalue weighted by Crippen LogP contribution is 2.21. The number of aromatic nitrogens is 4. The van der Waals surface area contributed by atoms with E-state index in [1.165, 1.54) is 12.3 Å². The van der Waals surface area contributed by atoms with Crippen molar-refractivity contribution in [1.82, 2.24) is 25.1 Å². The third-order valence-corrected chi connectivity index (χ3v) is 3.53. The number of carbonyl (C=O) groups excluding carboxylic acids is 1. The van der Waals surface area contributed by atoms with E-state index in [-0.39, 0.29) is 11.5 Å². The molecule has 1 aliphatic heterocycles. The van der Waals surface area contributed by atoms with Crippen molar-refractivity contribution in [2.24, 2.45) is 0 Å². The van der Waals surface area contributed by atoms with Gasteiger partial charge in [-0.2, -0.15) is 5.10 Å². The van der Waals surface area contributed by atoms with Gasteiger partial charge in [0.25, 0.3) is 5.91 Å². The monoisotopic (exact) mass is 305 g/mol. The molecule has 3 rings (SSSR count). The molecular weight excluding hydrogens is 289 g/mol. The molecule has 0 unspecified atom stereocenters. The lowest BCUT2D eigenvalue weighted by molar-refractivity contribution is -0.0268. The third kappa shape index (κ3) is 2.82. The Morgan fingerprint density at radius 3 is 3.18 bits per heavy atom. The maximum absolute atomic E-state index is 13.7. The maximum Gasteiger partial charge on any atom is 0.257 e. The SMILES string of the molecule is CCc1nc([C@H]2CN(C(=O)c3ccncc3F)CCO2)n[nH]1. The van der Waals surface area contributed by atoms with Gasteiger partial charge < -0.3 is 9.64 Å². The number of halogens is 1. The number of aryl methyl sites for hydroxylation is 1. The summed E-state index contributed by atoms with van der Waals surface area (Å²) in [5.41, 5.74) is 0.0138. The average Bonchev–Trinajstić information content (AvgIpc) is 3.04. The Morgan fingerprint density at radius 2 is 2.45 bits per heavy atom. The van der Waals surface area contributed by atoms with Crippen LogP contribution in [-0.2, 0) is 11.2 Å². The van der Waals surface area contributed by atoms with Gasteiger partial charge in [-0.3, -0.25) is 14.9 Å². The predicted molar refractivity (Wildman–Crippen MR) is 74.6 cm³/mol. The van der Waals surface area contributed by atoms with Crippen LogP contribution >= 0.6 is 0 Å². The fraction of sp³-hybridized carbons (Fsp3) is 0.429. The number of H-pyrrole nitrogens is 1. The van der Waals surface area contributed by atoms with Crippen LogP contribution in [-0.4, -0.2) is 50.7 Å². The van der Waals surface area contributed by atoms with Crippen LogP contribution in [0.3, 0.4) is 0 Å². The van der Waals surface area contributed by atoms with Crippen molar-refractivity contribution in [1.29, 1.82) is 0 Å². The number of nitrogens with one attached hydrogen (secondary N) is 1. The first-order valence-electron chi connectivity index (χ1n) is 7.10. The van der Waals surface area contributed by atoms with Crippen LogP contribution in [0, 0.1) is 5.82 Å². The molecule has 8 heteroatoms. The third-order valence-electron chi connectivity index (χ3n) is 3.53. The Labute approximate surface area is 126 Å². The van der Waals surface area contributed by atoms with E-state index < -0.39 is 11.9 Å². The number of aromatic amines is 1. The van der Waals surface area contributed by atoms with E-state index >= 15 is 0 Å². The summed E-state index contributed by atoms with van der Waals surface area (Å²) in [4.78, 5) is 21.9. The lowest BCUT2D eigenvalue weighted by Gasteiger charge is -2.31. The summed E-state index contributed by atoms with van der Waals surface area (Å²) in [5.74, 6) is 0.285. The normalized spacial score (nSPS) is 18.5. The first-order chi connectivity index (χ1) is 10.7. The molecule has 1 fully saturated rings. The molecule has 2 aromatic rings. The van der Waals surface area contributed by atoms with Gasteiger partial charge in [0, 0.05) is 19.2 Å². The molecule has 0 aliphatic carbocycles. The molecule has 0 aromatic carbocycles. The Balaban J connectivity index is 1.75. The Kier molecular flexibility index (Phi) is 4.10. The van der Waals surface area contributed by atoms with Gasteiger partial charge in [-0.1, -0.05) is 6.92 Å². The van der Waals surface area contributed by atoms with Crippen molar-refractivity contribution in [2.45, 2.75) is 19.4 Å². The molecule has 1 N–H and O–H groups in total. The van der Waals surface area contributed by atoms with E-state index in [1.54, 1.807) is 4.90 Å². The van der Waals surface area contributed by atoms with Crippen LogP contribution in [0.25, 0.3) is 0 Å². The molecule has 0 spiro atoms. The molecule has 22 heavy (non-hydrogen) atoms. The Hall–Kier alpha value is -2.35. The molecule has 2 aromatic heterocycles.